The minimum atomic E-state index is -0.479. The summed E-state index contributed by atoms with van der Waals surface area (Å²) in [6.45, 7) is 1.27. The Morgan fingerprint density at radius 1 is 1.86 bits per heavy atom. The first-order chi connectivity index (χ1) is 3.13. The molecule has 0 aromatic rings. The standard InChI is InChI=1S/C3H5NO2S/c1-2(5)4-3(6)7/h1H3,(H2,4,5,6,7). The first-order valence-electron chi connectivity index (χ1n) is 1.63. The van der Waals surface area contributed by atoms with Crippen molar-refractivity contribution in [3.8, 4) is 0 Å². The average molecular weight is 119 g/mol. The zero-order valence-corrected chi connectivity index (χ0v) is 4.58. The summed E-state index contributed by atoms with van der Waals surface area (Å²) >= 11 is 4.10. The summed E-state index contributed by atoms with van der Waals surface area (Å²) in [5.74, 6) is -0.354. The lowest BCUT2D eigenvalue weighted by molar-refractivity contribution is -0.117. The van der Waals surface area contributed by atoms with Gasteiger partial charge in [-0.05, 0) is 12.2 Å². The molecule has 4 heteroatoms. The Labute approximate surface area is 46.3 Å². The van der Waals surface area contributed by atoms with Crippen molar-refractivity contribution < 1.29 is 9.90 Å². The lowest BCUT2D eigenvalue weighted by Crippen LogP contribution is -2.25. The molecule has 0 rings (SSSR count). The summed E-state index contributed by atoms with van der Waals surface area (Å²) in [7, 11) is 0. The fourth-order valence-electron chi connectivity index (χ4n) is 0.151. The van der Waals surface area contributed by atoms with Gasteiger partial charge in [-0.1, -0.05) is 0 Å². The van der Waals surface area contributed by atoms with Crippen LogP contribution in [-0.4, -0.2) is 16.2 Å². The Balaban J connectivity index is 3.32. The van der Waals surface area contributed by atoms with E-state index in [1.807, 2.05) is 5.32 Å². The lowest BCUT2D eigenvalue weighted by Gasteiger charge is -1.90. The van der Waals surface area contributed by atoms with E-state index in [0.29, 0.717) is 0 Å². The van der Waals surface area contributed by atoms with Crippen LogP contribution in [0.25, 0.3) is 0 Å². The SMILES string of the molecule is CC(=O)NC(O)=S. The molecule has 0 aliphatic rings. The Morgan fingerprint density at radius 3 is 2.29 bits per heavy atom. The highest BCUT2D eigenvalue weighted by atomic mass is 32.1. The molecule has 40 valence electrons. The molecule has 1 amide bonds. The lowest BCUT2D eigenvalue weighted by atomic mass is 10.7. The van der Waals surface area contributed by atoms with Gasteiger partial charge in [0, 0.05) is 6.92 Å². The highest BCUT2D eigenvalue weighted by molar-refractivity contribution is 7.80. The average Bonchev–Trinajstić information content (AvgIpc) is 1.27. The number of hydrogen-bond donors (Lipinski definition) is 2. The number of aliphatic hydroxyl groups is 1. The molecule has 0 saturated carbocycles. The Kier molecular flexibility index (Phi) is 2.29. The molecule has 0 heterocycles. The molecule has 0 atom stereocenters. The van der Waals surface area contributed by atoms with Crippen LogP contribution >= 0.6 is 12.2 Å². The second-order valence-electron chi connectivity index (χ2n) is 0.986. The third kappa shape index (κ3) is 5.36. The largest absolute Gasteiger partial charge is 0.486 e. The first-order valence-corrected chi connectivity index (χ1v) is 2.04. The van der Waals surface area contributed by atoms with Crippen molar-refractivity contribution >= 4 is 23.3 Å². The van der Waals surface area contributed by atoms with Crippen LogP contribution in [0, 0.1) is 0 Å². The highest BCUT2D eigenvalue weighted by Gasteiger charge is 1.89. The second-order valence-corrected chi connectivity index (χ2v) is 1.37. The topological polar surface area (TPSA) is 49.3 Å². The van der Waals surface area contributed by atoms with Gasteiger partial charge in [0.15, 0.2) is 0 Å². The number of carbonyl (C=O) groups excluding carboxylic acids is 1. The van der Waals surface area contributed by atoms with Gasteiger partial charge in [-0.3, -0.25) is 10.1 Å². The van der Waals surface area contributed by atoms with Crippen LogP contribution < -0.4 is 5.32 Å². The van der Waals surface area contributed by atoms with Crippen molar-refractivity contribution in [1.29, 1.82) is 0 Å². The van der Waals surface area contributed by atoms with Crippen molar-refractivity contribution in [2.24, 2.45) is 0 Å². The monoisotopic (exact) mass is 119 g/mol. The predicted octanol–water partition coefficient (Wildman–Crippen LogP) is -0.0346. The number of rotatable bonds is 0. The summed E-state index contributed by atoms with van der Waals surface area (Å²) in [6, 6.07) is 0. The molecule has 7 heavy (non-hydrogen) atoms. The predicted molar refractivity (Wildman–Crippen MR) is 29.0 cm³/mol. The Morgan fingerprint density at radius 2 is 2.29 bits per heavy atom. The van der Waals surface area contributed by atoms with Crippen molar-refractivity contribution in [2.75, 3.05) is 0 Å². The first kappa shape index (κ1) is 6.36. The Bertz CT molecular complexity index is 89.1. The van der Waals surface area contributed by atoms with Crippen LogP contribution in [-0.2, 0) is 4.79 Å². The summed E-state index contributed by atoms with van der Waals surface area (Å²) in [4.78, 5) is 9.90. The van der Waals surface area contributed by atoms with Gasteiger partial charge in [-0.2, -0.15) is 0 Å². The molecule has 0 aromatic carbocycles. The van der Waals surface area contributed by atoms with Crippen LogP contribution in [0.3, 0.4) is 0 Å². The normalized spacial score (nSPS) is 7.57. The van der Waals surface area contributed by atoms with Crippen molar-refractivity contribution in [1.82, 2.24) is 5.32 Å². The maximum absolute atomic E-state index is 9.90. The molecule has 0 saturated heterocycles. The number of aliphatic hydroxyl groups excluding tert-OH is 1. The number of carbonyl (C=O) groups is 1. The van der Waals surface area contributed by atoms with Crippen LogP contribution in [0.2, 0.25) is 0 Å². The van der Waals surface area contributed by atoms with E-state index >= 15 is 0 Å². The van der Waals surface area contributed by atoms with Gasteiger partial charge in [0.2, 0.25) is 5.91 Å². The van der Waals surface area contributed by atoms with E-state index in [9.17, 15) is 4.79 Å². The third-order valence-electron chi connectivity index (χ3n) is 0.283. The molecule has 2 N–H and O–H groups in total. The minimum absolute atomic E-state index is 0.354. The summed E-state index contributed by atoms with van der Waals surface area (Å²) < 4.78 is 0. The molecule has 0 spiro atoms. The van der Waals surface area contributed by atoms with Crippen molar-refractivity contribution in [2.45, 2.75) is 6.92 Å². The van der Waals surface area contributed by atoms with E-state index in [2.05, 4.69) is 12.2 Å². The number of nitrogens with one attached hydrogen (secondary N) is 1. The molecule has 3 nitrogen and oxygen atoms in total. The molecule has 0 aliphatic heterocycles. The van der Waals surface area contributed by atoms with E-state index in [1.54, 1.807) is 0 Å². The maximum Gasteiger partial charge on any atom is 0.260 e. The second kappa shape index (κ2) is 2.52. The zero-order valence-electron chi connectivity index (χ0n) is 3.76. The van der Waals surface area contributed by atoms with E-state index < -0.39 is 5.17 Å². The van der Waals surface area contributed by atoms with Gasteiger partial charge in [-0.25, -0.2) is 0 Å². The molecular formula is C3H5NO2S. The quantitative estimate of drug-likeness (QED) is 0.440. The summed E-state index contributed by atoms with van der Waals surface area (Å²) in [6.07, 6.45) is 0. The smallest absolute Gasteiger partial charge is 0.260 e. The Hall–Kier alpha value is -0.640. The number of hydrogen-bond acceptors (Lipinski definition) is 2. The van der Waals surface area contributed by atoms with Gasteiger partial charge in [0.1, 0.15) is 0 Å². The fourth-order valence-corrected chi connectivity index (χ4v) is 0.294. The molecule has 0 unspecified atom stereocenters. The molecule has 0 bridgehead atoms. The summed E-state index contributed by atoms with van der Waals surface area (Å²) in [5.41, 5.74) is 0. The number of thiocarbonyl (C=S) groups is 1. The van der Waals surface area contributed by atoms with E-state index in [1.165, 1.54) is 6.92 Å². The zero-order chi connectivity index (χ0) is 5.86. The van der Waals surface area contributed by atoms with E-state index in [0.717, 1.165) is 0 Å². The van der Waals surface area contributed by atoms with Gasteiger partial charge >= 0.3 is 0 Å². The number of amides is 1. The fraction of sp³-hybridized carbons (Fsp3) is 0.333. The molecule has 0 aromatic heterocycles. The van der Waals surface area contributed by atoms with E-state index in [-0.39, 0.29) is 5.91 Å². The minimum Gasteiger partial charge on any atom is -0.486 e. The van der Waals surface area contributed by atoms with Gasteiger partial charge in [0.25, 0.3) is 5.17 Å². The van der Waals surface area contributed by atoms with Gasteiger partial charge in [-0.15, -0.1) is 0 Å². The van der Waals surface area contributed by atoms with Crippen LogP contribution in [0.1, 0.15) is 6.92 Å². The summed E-state index contributed by atoms with van der Waals surface area (Å²) in [5, 5.41) is 9.60. The van der Waals surface area contributed by atoms with E-state index in [4.69, 9.17) is 5.11 Å². The van der Waals surface area contributed by atoms with Crippen LogP contribution in [0.5, 0.6) is 0 Å². The van der Waals surface area contributed by atoms with Crippen molar-refractivity contribution in [3.63, 3.8) is 0 Å². The molecule has 0 radical (unpaired) electrons. The highest BCUT2D eigenvalue weighted by Crippen LogP contribution is 1.60. The molecule has 0 fully saturated rings. The van der Waals surface area contributed by atoms with Crippen molar-refractivity contribution in [3.05, 3.63) is 0 Å². The van der Waals surface area contributed by atoms with Crippen LogP contribution in [0.15, 0.2) is 0 Å². The molecule has 0 aliphatic carbocycles. The van der Waals surface area contributed by atoms with Gasteiger partial charge in [0.05, 0.1) is 0 Å². The van der Waals surface area contributed by atoms with Crippen LogP contribution in [0.4, 0.5) is 0 Å². The van der Waals surface area contributed by atoms with Gasteiger partial charge < -0.3 is 5.11 Å². The molecular weight excluding hydrogens is 114 g/mol. The third-order valence-corrected chi connectivity index (χ3v) is 0.385. The maximum atomic E-state index is 9.90.